The molecule has 20 heteroatoms. The van der Waals surface area contributed by atoms with Crippen molar-refractivity contribution in [2.45, 2.75) is 49.2 Å². The Morgan fingerprint density at radius 1 is 1.02 bits per heavy atom. The molecule has 1 fully saturated rings. The molecule has 42 heavy (non-hydrogen) atoms. The van der Waals surface area contributed by atoms with Crippen molar-refractivity contribution in [2.75, 3.05) is 7.05 Å². The topological polar surface area (TPSA) is 96.4 Å². The zero-order valence-electron chi connectivity index (χ0n) is 20.6. The van der Waals surface area contributed by atoms with E-state index in [2.05, 4.69) is 20.1 Å². The molecule has 1 aliphatic carbocycles. The number of amides is 1. The molecule has 1 saturated carbocycles. The minimum absolute atomic E-state index is 0.00952. The fraction of sp³-hybridized carbons (Fsp3) is 0.409. The van der Waals surface area contributed by atoms with Gasteiger partial charge in [0, 0.05) is 11.6 Å². The summed E-state index contributed by atoms with van der Waals surface area (Å²) in [6, 6.07) is 3.68. The Labute approximate surface area is 231 Å². The smallest absolute Gasteiger partial charge is 0.417 e. The van der Waals surface area contributed by atoms with Gasteiger partial charge in [0.2, 0.25) is 5.76 Å². The average molecular weight is 647 g/mol. The Bertz CT molecular complexity index is 1410. The third-order valence-electron chi connectivity index (χ3n) is 5.62. The molecule has 1 aromatic heterocycles. The third-order valence-corrected chi connectivity index (χ3v) is 5.95. The fourth-order valence-corrected chi connectivity index (χ4v) is 3.40. The Balaban J connectivity index is 2.12. The van der Waals surface area contributed by atoms with Crippen LogP contribution in [0.15, 0.2) is 47.0 Å². The number of ether oxygens (including phenoxy) is 1. The van der Waals surface area contributed by atoms with Gasteiger partial charge in [-0.2, -0.15) is 52.7 Å². The summed E-state index contributed by atoms with van der Waals surface area (Å²) in [5, 5.41) is 4.79. The van der Waals surface area contributed by atoms with E-state index >= 15 is 0 Å². The highest BCUT2D eigenvalue weighted by Gasteiger charge is 2.76. The van der Waals surface area contributed by atoms with E-state index in [1.165, 1.54) is 18.2 Å². The van der Waals surface area contributed by atoms with Gasteiger partial charge in [0.25, 0.3) is 5.91 Å². The number of nitrogens with two attached hydrogens (primary N) is 1. The van der Waals surface area contributed by atoms with E-state index in [9.17, 15) is 57.5 Å². The molecule has 4 N–H and O–H groups in total. The number of nitrogens with zero attached hydrogens (tertiary/aromatic N) is 2. The molecule has 0 saturated heterocycles. The summed E-state index contributed by atoms with van der Waals surface area (Å²) in [5.41, 5.74) is 1.74. The predicted molar refractivity (Wildman–Crippen MR) is 120 cm³/mol. The van der Waals surface area contributed by atoms with Gasteiger partial charge in [-0.05, 0) is 30.5 Å². The molecule has 0 bridgehead atoms. The molecule has 1 aliphatic rings. The Morgan fingerprint density at radius 2 is 1.62 bits per heavy atom. The maximum atomic E-state index is 14.1. The number of allylic oxidation sites excluding steroid dienone is 2. The van der Waals surface area contributed by atoms with Crippen LogP contribution in [0.2, 0.25) is 5.02 Å². The van der Waals surface area contributed by atoms with Gasteiger partial charge in [-0.3, -0.25) is 4.79 Å². The van der Waals surface area contributed by atoms with Crippen molar-refractivity contribution in [2.24, 2.45) is 10.7 Å². The van der Waals surface area contributed by atoms with Gasteiger partial charge in [0.15, 0.2) is 0 Å². The number of aromatic amines is 1. The Kier molecular flexibility index (Phi) is 8.52. The molecule has 232 valence electrons. The lowest BCUT2D eigenvalue weighted by Gasteiger charge is -2.29. The van der Waals surface area contributed by atoms with Crippen LogP contribution in [0.25, 0.3) is 11.1 Å². The number of carbonyl (C=O) groups is 1. The highest BCUT2D eigenvalue weighted by atomic mass is 35.5. The molecule has 2 aromatic rings. The van der Waals surface area contributed by atoms with Gasteiger partial charge >= 0.3 is 36.1 Å². The van der Waals surface area contributed by atoms with E-state index < -0.39 is 53.5 Å². The average Bonchev–Trinajstić information content (AvgIpc) is 3.54. The summed E-state index contributed by atoms with van der Waals surface area (Å²) in [6.07, 6.45) is -17.3. The molecule has 1 amide bonds. The second-order valence-corrected chi connectivity index (χ2v) is 9.13. The molecule has 0 unspecified atom stereocenters. The monoisotopic (exact) mass is 646 g/mol. The van der Waals surface area contributed by atoms with E-state index in [-0.39, 0.29) is 32.4 Å². The fourth-order valence-electron chi connectivity index (χ4n) is 3.19. The van der Waals surface area contributed by atoms with Gasteiger partial charge in [-0.15, -0.1) is 4.68 Å². The van der Waals surface area contributed by atoms with Gasteiger partial charge < -0.3 is 15.8 Å². The summed E-state index contributed by atoms with van der Waals surface area (Å²) in [6.45, 7) is 0. The molecular weight excluding hydrogens is 630 g/mol. The maximum Gasteiger partial charge on any atom is 0.474 e. The summed E-state index contributed by atoms with van der Waals surface area (Å²) in [7, 11) is 0.563. The van der Waals surface area contributed by atoms with E-state index in [0.717, 1.165) is 25.2 Å². The number of hydrogen-bond acceptors (Lipinski definition) is 4. The van der Waals surface area contributed by atoms with Gasteiger partial charge in [0.1, 0.15) is 18.9 Å². The van der Waals surface area contributed by atoms with Crippen LogP contribution in [0.1, 0.15) is 23.2 Å². The number of nitrogens with one attached hydrogen (secondary N) is 2. The molecule has 0 spiro atoms. The molecule has 7 nitrogen and oxygen atoms in total. The first kappa shape index (κ1) is 32.9. The largest absolute Gasteiger partial charge is 0.474 e. The highest BCUT2D eigenvalue weighted by molar-refractivity contribution is 6.34. The summed E-state index contributed by atoms with van der Waals surface area (Å²) in [5.74, 6) is -18.2. The zero-order chi connectivity index (χ0) is 32.1. The van der Waals surface area contributed by atoms with E-state index in [1.807, 2.05) is 0 Å². The number of alkyl halides is 12. The number of rotatable bonds is 8. The lowest BCUT2D eigenvalue weighted by atomic mass is 10.1. The van der Waals surface area contributed by atoms with Gasteiger partial charge in [0.05, 0.1) is 16.8 Å². The van der Waals surface area contributed by atoms with E-state index in [1.54, 1.807) is 0 Å². The number of hydrogen-bond donors (Lipinski definition) is 3. The predicted octanol–water partition coefficient (Wildman–Crippen LogP) is 5.57. The van der Waals surface area contributed by atoms with Crippen molar-refractivity contribution in [3.63, 3.8) is 0 Å². The lowest BCUT2D eigenvalue weighted by Crippen LogP contribution is -2.56. The number of aliphatic imine (C=N–C) groups is 1. The molecule has 0 radical (unpaired) electrons. The SMILES string of the molecule is CN=C(C(OC(F)(F)C(F)(F)C(F)(F)F)=C(N)C(F)(F)C(F)(F)F)[n+]1cc(-c2ccc(Cl)c(C(=O)NC3CC3)c2)c[nH]1. The van der Waals surface area contributed by atoms with Crippen LogP contribution >= 0.6 is 11.6 Å². The van der Waals surface area contributed by atoms with Crippen LogP contribution in [-0.2, 0) is 4.74 Å². The molecule has 0 aliphatic heterocycles. The molecular formula is C22H17ClF12N5O2+. The first-order valence-electron chi connectivity index (χ1n) is 11.2. The van der Waals surface area contributed by atoms with Crippen LogP contribution in [0.3, 0.4) is 0 Å². The first-order chi connectivity index (χ1) is 19.0. The third kappa shape index (κ3) is 6.24. The summed E-state index contributed by atoms with van der Waals surface area (Å²) >= 11 is 6.04. The standard InChI is InChI=1S/C22H16ClF12N5O2/c1-37-16(14(15(36)18(24,25)20(28,29)30)42-22(34,35)19(26,27)21(31,32)33)40-8-10(7-38-40)9-2-5-13(23)12(6-9)17(41)39-11-3-4-11/h2,5-8,11H,3-4H2,1H3,(H3,36,37,39,41)/p+1. The van der Waals surface area contributed by atoms with Crippen molar-refractivity contribution in [3.8, 4) is 11.1 Å². The number of carbonyl (C=O) groups excluding carboxylic acids is 1. The van der Waals surface area contributed by atoms with Crippen LogP contribution in [0, 0.1) is 0 Å². The molecule has 0 atom stereocenters. The van der Waals surface area contributed by atoms with Crippen molar-refractivity contribution < 1.29 is 66.9 Å². The van der Waals surface area contributed by atoms with Crippen molar-refractivity contribution in [3.05, 3.63) is 52.6 Å². The second-order valence-electron chi connectivity index (χ2n) is 8.72. The normalized spacial score (nSPS) is 16.3. The second kappa shape index (κ2) is 10.9. The molecule has 1 aromatic carbocycles. The minimum atomic E-state index is -7.09. The van der Waals surface area contributed by atoms with Crippen LogP contribution < -0.4 is 15.7 Å². The molecule has 1 heterocycles. The van der Waals surface area contributed by atoms with Gasteiger partial charge in [-0.25, -0.2) is 5.10 Å². The van der Waals surface area contributed by atoms with E-state index in [4.69, 9.17) is 17.3 Å². The molecule has 3 rings (SSSR count). The van der Waals surface area contributed by atoms with Crippen molar-refractivity contribution in [1.29, 1.82) is 0 Å². The Morgan fingerprint density at radius 3 is 2.12 bits per heavy atom. The maximum absolute atomic E-state index is 14.1. The highest BCUT2D eigenvalue weighted by Crippen LogP contribution is 2.49. The number of H-pyrrole nitrogens is 1. The van der Waals surface area contributed by atoms with Crippen LogP contribution in [0.4, 0.5) is 52.7 Å². The quantitative estimate of drug-likeness (QED) is 0.115. The summed E-state index contributed by atoms with van der Waals surface area (Å²) in [4.78, 5) is 15.6. The minimum Gasteiger partial charge on any atom is -0.417 e. The van der Waals surface area contributed by atoms with Crippen LogP contribution in [0.5, 0.6) is 0 Å². The zero-order valence-corrected chi connectivity index (χ0v) is 21.3. The van der Waals surface area contributed by atoms with Crippen molar-refractivity contribution in [1.82, 2.24) is 10.4 Å². The number of benzene rings is 1. The van der Waals surface area contributed by atoms with Gasteiger partial charge in [-0.1, -0.05) is 22.7 Å². The van der Waals surface area contributed by atoms with E-state index in [0.29, 0.717) is 7.05 Å². The van der Waals surface area contributed by atoms with Crippen molar-refractivity contribution >= 4 is 23.3 Å². The van der Waals surface area contributed by atoms with Crippen LogP contribution in [-0.4, -0.2) is 60.2 Å². The lowest BCUT2D eigenvalue weighted by molar-refractivity contribution is -0.618. The number of aromatic nitrogens is 2. The summed E-state index contributed by atoms with van der Waals surface area (Å²) < 4.78 is 164. The first-order valence-corrected chi connectivity index (χ1v) is 11.6. The Hall–Kier alpha value is -3.64. The number of halogens is 13.